The van der Waals surface area contributed by atoms with Crippen molar-refractivity contribution in [3.05, 3.63) is 0 Å². The van der Waals surface area contributed by atoms with Crippen molar-refractivity contribution in [1.82, 2.24) is 0 Å². The van der Waals surface area contributed by atoms with E-state index < -0.39 is 0 Å². The molecule has 1 nitrogen and oxygen atoms in total. The molecule has 0 aromatic rings. The van der Waals surface area contributed by atoms with E-state index in [1.807, 2.05) is 20.8 Å². The van der Waals surface area contributed by atoms with Crippen LogP contribution in [-0.2, 0) is 0 Å². The second-order valence-electron chi connectivity index (χ2n) is 1.37. The van der Waals surface area contributed by atoms with Crippen molar-refractivity contribution < 1.29 is 0 Å². The van der Waals surface area contributed by atoms with Crippen molar-refractivity contribution >= 4 is 33.7 Å². The molecule has 1 unspecified atom stereocenters. The molecular weight excluding hydrogens is 150 g/mol. The second-order valence-corrected chi connectivity index (χ2v) is 2.95. The molecule has 0 N–H and O–H groups in total. The zero-order valence-electron chi connectivity index (χ0n) is 5.92. The summed E-state index contributed by atoms with van der Waals surface area (Å²) >= 11 is 6.42. The van der Waals surface area contributed by atoms with Crippen LogP contribution in [0.1, 0.15) is 20.8 Å². The van der Waals surface area contributed by atoms with Gasteiger partial charge in [0.25, 0.3) is 0 Å². The Kier molecular flexibility index (Phi) is 5.00. The summed E-state index contributed by atoms with van der Waals surface area (Å²) in [6, 6.07) is 0.278. The summed E-state index contributed by atoms with van der Waals surface area (Å²) in [7, 11) is 0. The van der Waals surface area contributed by atoms with Gasteiger partial charge < -0.3 is 0 Å². The van der Waals surface area contributed by atoms with Gasteiger partial charge in [-0.25, -0.2) is 0 Å². The van der Waals surface area contributed by atoms with Gasteiger partial charge in [-0.3, -0.25) is 4.99 Å². The van der Waals surface area contributed by atoms with E-state index in [1.165, 1.54) is 0 Å². The molecule has 52 valence electrons. The fourth-order valence-electron chi connectivity index (χ4n) is 0.333. The molecule has 0 aromatic heterocycles. The lowest BCUT2D eigenvalue weighted by atomic mass is 10.4. The second kappa shape index (κ2) is 4.94. The summed E-state index contributed by atoms with van der Waals surface area (Å²) in [5.74, 6) is 0. The fourth-order valence-corrected chi connectivity index (χ4v) is 1.13. The van der Waals surface area contributed by atoms with E-state index in [2.05, 4.69) is 4.99 Å². The number of thiocarbonyl (C=S) groups is 1. The van der Waals surface area contributed by atoms with Crippen molar-refractivity contribution in [3.63, 3.8) is 0 Å². The topological polar surface area (TPSA) is 12.4 Å². The summed E-state index contributed by atoms with van der Waals surface area (Å²) in [4.78, 5) is 4.01. The van der Waals surface area contributed by atoms with Gasteiger partial charge >= 0.3 is 0 Å². The van der Waals surface area contributed by atoms with Crippen LogP contribution in [-0.4, -0.2) is 15.8 Å². The van der Waals surface area contributed by atoms with Gasteiger partial charge in [0.15, 0.2) is 0 Å². The molecule has 9 heavy (non-hydrogen) atoms. The number of nitrogens with zero attached hydrogens (tertiary/aromatic N) is 1. The van der Waals surface area contributed by atoms with Crippen LogP contribution in [0, 0.1) is 0 Å². The monoisotopic (exact) mass is 161 g/mol. The van der Waals surface area contributed by atoms with E-state index in [4.69, 9.17) is 12.2 Å². The minimum atomic E-state index is 0.278. The van der Waals surface area contributed by atoms with E-state index in [1.54, 1.807) is 17.3 Å². The molecule has 0 bridgehead atoms. The molecular formula is C6H11NS2. The molecule has 0 radical (unpaired) electrons. The Morgan fingerprint density at radius 2 is 2.22 bits per heavy atom. The normalized spacial score (nSPS) is 23.4. The Hall–Kier alpha value is 0.110. The van der Waals surface area contributed by atoms with Crippen molar-refractivity contribution in [2.45, 2.75) is 26.8 Å². The Balaban J connectivity index is 0.000000291. The maximum absolute atomic E-state index is 4.88. The van der Waals surface area contributed by atoms with Gasteiger partial charge in [-0.05, 0) is 6.92 Å². The SMILES string of the molecule is CC.CC1N=CSC1=S. The van der Waals surface area contributed by atoms with Crippen LogP contribution in [0.4, 0.5) is 0 Å². The van der Waals surface area contributed by atoms with Crippen molar-refractivity contribution in [3.8, 4) is 0 Å². The highest BCUT2D eigenvalue weighted by atomic mass is 32.2. The Bertz CT molecular complexity index is 120. The van der Waals surface area contributed by atoms with Crippen molar-refractivity contribution in [2.75, 3.05) is 0 Å². The quantitative estimate of drug-likeness (QED) is 0.506. The first-order valence-electron chi connectivity index (χ1n) is 3.03. The average Bonchev–Trinajstić information content (AvgIpc) is 2.23. The predicted molar refractivity (Wildman–Crippen MR) is 49.5 cm³/mol. The highest BCUT2D eigenvalue weighted by Gasteiger charge is 2.09. The molecule has 3 heteroatoms. The molecule has 0 saturated heterocycles. The molecule has 1 aliphatic rings. The Morgan fingerprint density at radius 3 is 2.33 bits per heavy atom. The minimum absolute atomic E-state index is 0.278. The zero-order chi connectivity index (χ0) is 7.28. The third kappa shape index (κ3) is 2.96. The van der Waals surface area contributed by atoms with Gasteiger partial charge in [0, 0.05) is 0 Å². The highest BCUT2D eigenvalue weighted by molar-refractivity contribution is 8.32. The standard InChI is InChI=1S/C4H5NS2.C2H6/c1-3-4(6)7-2-5-3;1-2/h2-3H,1H3;1-2H3. The summed E-state index contributed by atoms with van der Waals surface area (Å²) in [6.45, 7) is 6.00. The van der Waals surface area contributed by atoms with Gasteiger partial charge in [0.2, 0.25) is 0 Å². The lowest BCUT2D eigenvalue weighted by molar-refractivity contribution is 1.02. The summed E-state index contributed by atoms with van der Waals surface area (Å²) in [6.07, 6.45) is 0. The maximum Gasteiger partial charge on any atom is 0.0891 e. The van der Waals surface area contributed by atoms with E-state index in [0.29, 0.717) is 0 Å². The van der Waals surface area contributed by atoms with Crippen molar-refractivity contribution in [1.29, 1.82) is 0 Å². The van der Waals surface area contributed by atoms with Gasteiger partial charge in [-0.2, -0.15) is 0 Å². The highest BCUT2D eigenvalue weighted by Crippen LogP contribution is 2.14. The number of rotatable bonds is 0. The van der Waals surface area contributed by atoms with Crippen LogP contribution in [0.5, 0.6) is 0 Å². The van der Waals surface area contributed by atoms with Gasteiger partial charge in [0.1, 0.15) is 0 Å². The molecule has 1 atom stereocenters. The van der Waals surface area contributed by atoms with Crippen LogP contribution in [0.2, 0.25) is 0 Å². The number of aliphatic imine (C=N–C) groups is 1. The first kappa shape index (κ1) is 9.11. The lowest BCUT2D eigenvalue weighted by Gasteiger charge is -1.91. The summed E-state index contributed by atoms with van der Waals surface area (Å²) < 4.78 is 0.986. The smallest absolute Gasteiger partial charge is 0.0891 e. The minimum Gasteiger partial charge on any atom is -0.277 e. The van der Waals surface area contributed by atoms with Gasteiger partial charge in [0.05, 0.1) is 15.8 Å². The molecule has 1 rings (SSSR count). The molecule has 0 amide bonds. The van der Waals surface area contributed by atoms with Crippen LogP contribution in [0.3, 0.4) is 0 Å². The van der Waals surface area contributed by atoms with E-state index >= 15 is 0 Å². The third-order valence-corrected chi connectivity index (χ3v) is 2.22. The first-order valence-corrected chi connectivity index (χ1v) is 4.31. The first-order chi connectivity index (χ1) is 4.30. The molecule has 1 aliphatic heterocycles. The van der Waals surface area contributed by atoms with Gasteiger partial charge in [-0.15, -0.1) is 0 Å². The van der Waals surface area contributed by atoms with Crippen LogP contribution >= 0.6 is 24.0 Å². The lowest BCUT2D eigenvalue weighted by Crippen LogP contribution is -2.00. The van der Waals surface area contributed by atoms with Crippen LogP contribution in [0.25, 0.3) is 0 Å². The molecule has 0 aromatic carbocycles. The number of hydrogen-bond acceptors (Lipinski definition) is 3. The number of thioether (sulfide) groups is 1. The summed E-state index contributed by atoms with van der Waals surface area (Å²) in [5.41, 5.74) is 1.80. The Morgan fingerprint density at radius 1 is 1.67 bits per heavy atom. The molecule has 0 aliphatic carbocycles. The fraction of sp³-hybridized carbons (Fsp3) is 0.667. The van der Waals surface area contributed by atoms with Crippen LogP contribution in [0.15, 0.2) is 4.99 Å². The molecule has 0 saturated carbocycles. The van der Waals surface area contributed by atoms with Crippen LogP contribution < -0.4 is 0 Å². The van der Waals surface area contributed by atoms with E-state index in [0.717, 1.165) is 4.20 Å². The molecule has 1 heterocycles. The zero-order valence-corrected chi connectivity index (χ0v) is 7.55. The summed E-state index contributed by atoms with van der Waals surface area (Å²) in [5, 5.41) is 0. The largest absolute Gasteiger partial charge is 0.277 e. The van der Waals surface area contributed by atoms with E-state index in [-0.39, 0.29) is 6.04 Å². The van der Waals surface area contributed by atoms with Crippen molar-refractivity contribution in [2.24, 2.45) is 4.99 Å². The van der Waals surface area contributed by atoms with E-state index in [9.17, 15) is 0 Å². The Labute approximate surface area is 65.9 Å². The van der Waals surface area contributed by atoms with Gasteiger partial charge in [-0.1, -0.05) is 37.8 Å². The number of hydrogen-bond donors (Lipinski definition) is 0. The third-order valence-electron chi connectivity index (χ3n) is 0.794. The molecule has 0 fully saturated rings. The molecule has 0 spiro atoms. The maximum atomic E-state index is 4.88. The predicted octanol–water partition coefficient (Wildman–Crippen LogP) is 2.50. The average molecular weight is 161 g/mol.